The van der Waals surface area contributed by atoms with Crippen molar-refractivity contribution in [3.05, 3.63) is 27.8 Å². The highest BCUT2D eigenvalue weighted by atomic mass is 127. The summed E-state index contributed by atoms with van der Waals surface area (Å²) in [6.07, 6.45) is 1.61. The van der Waals surface area contributed by atoms with Crippen molar-refractivity contribution in [1.82, 2.24) is 10.6 Å². The summed E-state index contributed by atoms with van der Waals surface area (Å²) >= 11 is 2.24. The number of guanidine groups is 1. The third-order valence-corrected chi connectivity index (χ3v) is 3.60. The lowest BCUT2D eigenvalue weighted by atomic mass is 10.3. The fraction of sp³-hybridized carbons (Fsp3) is 0.562. The predicted octanol–water partition coefficient (Wildman–Crippen LogP) is 3.00. The molecule has 5 nitrogen and oxygen atoms in total. The van der Waals surface area contributed by atoms with Crippen molar-refractivity contribution < 1.29 is 9.84 Å². The molecule has 0 aliphatic carbocycles. The second-order valence-corrected chi connectivity index (χ2v) is 6.16. The van der Waals surface area contributed by atoms with Gasteiger partial charge in [-0.3, -0.25) is 4.99 Å². The second-order valence-electron chi connectivity index (χ2n) is 4.92. The average Bonchev–Trinajstić information content (AvgIpc) is 2.52. The highest BCUT2D eigenvalue weighted by Crippen LogP contribution is 2.13. The Hall–Kier alpha value is -0.290. The molecule has 0 heterocycles. The van der Waals surface area contributed by atoms with Crippen molar-refractivity contribution in [1.29, 1.82) is 0 Å². The summed E-state index contributed by atoms with van der Waals surface area (Å²) in [5.74, 6) is 1.50. The number of rotatable bonds is 9. The molecule has 0 aliphatic rings. The fourth-order valence-electron chi connectivity index (χ4n) is 1.70. The quantitative estimate of drug-likeness (QED) is 0.193. The molecule has 23 heavy (non-hydrogen) atoms. The molecule has 1 rings (SSSR count). The van der Waals surface area contributed by atoms with Crippen LogP contribution in [0, 0.1) is 3.57 Å². The van der Waals surface area contributed by atoms with Crippen LogP contribution in [0.4, 0.5) is 0 Å². The lowest BCUT2D eigenvalue weighted by Gasteiger charge is -2.13. The Bertz CT molecular complexity index is 441. The van der Waals surface area contributed by atoms with E-state index in [0.29, 0.717) is 6.54 Å². The first kappa shape index (κ1) is 22.7. The van der Waals surface area contributed by atoms with Crippen LogP contribution in [0.15, 0.2) is 29.3 Å². The Balaban J connectivity index is 0.00000484. The van der Waals surface area contributed by atoms with Crippen molar-refractivity contribution in [2.24, 2.45) is 4.99 Å². The molecule has 0 spiro atoms. The first-order valence-electron chi connectivity index (χ1n) is 7.74. The molecule has 7 heteroatoms. The SMILES string of the molecule is CCCCNC(=NCC(O)COc1ccc(I)cc1)NCC.I. The van der Waals surface area contributed by atoms with Crippen LogP contribution in [0.1, 0.15) is 26.7 Å². The summed E-state index contributed by atoms with van der Waals surface area (Å²) in [5.41, 5.74) is 0. The van der Waals surface area contributed by atoms with E-state index in [4.69, 9.17) is 4.74 Å². The number of unbranched alkanes of at least 4 members (excludes halogenated alkanes) is 1. The molecule has 1 aromatic carbocycles. The minimum absolute atomic E-state index is 0. The van der Waals surface area contributed by atoms with E-state index >= 15 is 0 Å². The van der Waals surface area contributed by atoms with Crippen LogP contribution in [-0.2, 0) is 0 Å². The average molecular weight is 547 g/mol. The molecule has 0 aliphatic heterocycles. The van der Waals surface area contributed by atoms with E-state index in [-0.39, 0.29) is 30.6 Å². The molecule has 0 bridgehead atoms. The van der Waals surface area contributed by atoms with Crippen LogP contribution in [0.25, 0.3) is 0 Å². The Morgan fingerprint density at radius 3 is 2.57 bits per heavy atom. The number of nitrogens with one attached hydrogen (secondary N) is 2. The Kier molecular flexibility index (Phi) is 13.9. The van der Waals surface area contributed by atoms with E-state index < -0.39 is 6.10 Å². The number of nitrogens with zero attached hydrogens (tertiary/aromatic N) is 1. The summed E-state index contributed by atoms with van der Waals surface area (Å²) in [7, 11) is 0. The Labute approximate surface area is 169 Å². The molecule has 1 unspecified atom stereocenters. The zero-order chi connectivity index (χ0) is 16.2. The largest absolute Gasteiger partial charge is 0.491 e. The topological polar surface area (TPSA) is 65.9 Å². The summed E-state index contributed by atoms with van der Waals surface area (Å²) in [6.45, 7) is 6.40. The van der Waals surface area contributed by atoms with Gasteiger partial charge in [0.05, 0.1) is 6.54 Å². The number of hydrogen-bond acceptors (Lipinski definition) is 3. The Morgan fingerprint density at radius 1 is 1.26 bits per heavy atom. The van der Waals surface area contributed by atoms with E-state index in [0.717, 1.165) is 41.2 Å². The first-order valence-corrected chi connectivity index (χ1v) is 8.82. The maximum Gasteiger partial charge on any atom is 0.191 e. The van der Waals surface area contributed by atoms with Gasteiger partial charge in [0.2, 0.25) is 0 Å². The van der Waals surface area contributed by atoms with E-state index in [2.05, 4.69) is 45.1 Å². The van der Waals surface area contributed by atoms with Crippen molar-refractivity contribution in [2.45, 2.75) is 32.8 Å². The molecule has 132 valence electrons. The van der Waals surface area contributed by atoms with Gasteiger partial charge in [0.25, 0.3) is 0 Å². The highest BCUT2D eigenvalue weighted by Gasteiger charge is 2.06. The zero-order valence-electron chi connectivity index (χ0n) is 13.7. The van der Waals surface area contributed by atoms with Gasteiger partial charge in [0.1, 0.15) is 18.5 Å². The maximum atomic E-state index is 9.96. The minimum Gasteiger partial charge on any atom is -0.491 e. The smallest absolute Gasteiger partial charge is 0.191 e. The molecular formula is C16H27I2N3O2. The third kappa shape index (κ3) is 11.0. The van der Waals surface area contributed by atoms with Gasteiger partial charge < -0.3 is 20.5 Å². The van der Waals surface area contributed by atoms with Crippen molar-refractivity contribution >= 4 is 52.5 Å². The maximum absolute atomic E-state index is 9.96. The van der Waals surface area contributed by atoms with Gasteiger partial charge in [-0.1, -0.05) is 13.3 Å². The van der Waals surface area contributed by atoms with Gasteiger partial charge in [-0.15, -0.1) is 24.0 Å². The van der Waals surface area contributed by atoms with Crippen LogP contribution in [0.5, 0.6) is 5.75 Å². The van der Waals surface area contributed by atoms with Gasteiger partial charge in [0, 0.05) is 16.7 Å². The van der Waals surface area contributed by atoms with Gasteiger partial charge in [-0.2, -0.15) is 0 Å². The zero-order valence-corrected chi connectivity index (χ0v) is 18.2. The molecule has 0 radical (unpaired) electrons. The molecule has 0 saturated carbocycles. The molecule has 0 aromatic heterocycles. The number of benzene rings is 1. The van der Waals surface area contributed by atoms with E-state index in [9.17, 15) is 5.11 Å². The van der Waals surface area contributed by atoms with E-state index in [1.165, 1.54) is 0 Å². The molecule has 0 amide bonds. The lowest BCUT2D eigenvalue weighted by molar-refractivity contribution is 0.114. The number of aliphatic imine (C=N–C) groups is 1. The summed E-state index contributed by atoms with van der Waals surface area (Å²) in [4.78, 5) is 4.37. The molecule has 0 fully saturated rings. The van der Waals surface area contributed by atoms with E-state index in [1.54, 1.807) is 0 Å². The number of aliphatic hydroxyl groups excluding tert-OH is 1. The van der Waals surface area contributed by atoms with Crippen LogP contribution in [0.3, 0.4) is 0 Å². The summed E-state index contributed by atoms with van der Waals surface area (Å²) in [5, 5.41) is 16.4. The van der Waals surface area contributed by atoms with Crippen LogP contribution < -0.4 is 15.4 Å². The summed E-state index contributed by atoms with van der Waals surface area (Å²) in [6, 6.07) is 7.74. The summed E-state index contributed by atoms with van der Waals surface area (Å²) < 4.78 is 6.71. The second kappa shape index (κ2) is 14.1. The van der Waals surface area contributed by atoms with Crippen molar-refractivity contribution in [3.63, 3.8) is 0 Å². The number of ether oxygens (including phenoxy) is 1. The standard InChI is InChI=1S/C16H26IN3O2.HI/c1-3-5-10-19-16(18-4-2)20-11-14(21)12-22-15-8-6-13(17)7-9-15;/h6-9,14,21H,3-5,10-12H2,1-2H3,(H2,18,19,20);1H. The van der Waals surface area contributed by atoms with Crippen molar-refractivity contribution in [2.75, 3.05) is 26.2 Å². The molecule has 0 saturated heterocycles. The van der Waals surface area contributed by atoms with Gasteiger partial charge in [-0.25, -0.2) is 0 Å². The predicted molar refractivity (Wildman–Crippen MR) is 115 cm³/mol. The molecule has 1 aromatic rings. The molecule has 1 atom stereocenters. The van der Waals surface area contributed by atoms with Gasteiger partial charge in [0.15, 0.2) is 5.96 Å². The lowest BCUT2D eigenvalue weighted by Crippen LogP contribution is -2.38. The van der Waals surface area contributed by atoms with Crippen LogP contribution >= 0.6 is 46.6 Å². The highest BCUT2D eigenvalue weighted by molar-refractivity contribution is 14.1. The number of halogens is 2. The normalized spacial score (nSPS) is 12.3. The monoisotopic (exact) mass is 547 g/mol. The minimum atomic E-state index is -0.624. The number of hydrogen-bond donors (Lipinski definition) is 3. The molecule has 3 N–H and O–H groups in total. The molecular weight excluding hydrogens is 520 g/mol. The van der Waals surface area contributed by atoms with Crippen LogP contribution in [0.2, 0.25) is 0 Å². The van der Waals surface area contributed by atoms with E-state index in [1.807, 2.05) is 31.2 Å². The van der Waals surface area contributed by atoms with Gasteiger partial charge >= 0.3 is 0 Å². The third-order valence-electron chi connectivity index (χ3n) is 2.88. The fourth-order valence-corrected chi connectivity index (χ4v) is 2.06. The Morgan fingerprint density at radius 2 is 1.96 bits per heavy atom. The van der Waals surface area contributed by atoms with Crippen molar-refractivity contribution in [3.8, 4) is 5.75 Å². The first-order chi connectivity index (χ1) is 10.7. The van der Waals surface area contributed by atoms with Gasteiger partial charge in [-0.05, 0) is 60.2 Å². The number of aliphatic hydroxyl groups is 1. The van der Waals surface area contributed by atoms with Crippen LogP contribution in [-0.4, -0.2) is 43.4 Å².